The number of carbonyl (C=O) groups excluding carboxylic acids is 4. The van der Waals surface area contributed by atoms with Crippen molar-refractivity contribution in [3.05, 3.63) is 106 Å². The summed E-state index contributed by atoms with van der Waals surface area (Å²) in [5.41, 5.74) is 3.00. The highest BCUT2D eigenvalue weighted by molar-refractivity contribution is 5.96. The molecule has 13 heteroatoms. The Morgan fingerprint density at radius 3 is 2.21 bits per heavy atom. The molecule has 1 unspecified atom stereocenters. The maximum atomic E-state index is 13.1. The minimum absolute atomic E-state index is 0.0354. The summed E-state index contributed by atoms with van der Waals surface area (Å²) in [5.74, 6) is -1.14. The first-order valence-corrected chi connectivity index (χ1v) is 15.4. The molecule has 1 aliphatic rings. The van der Waals surface area contributed by atoms with E-state index in [-0.39, 0.29) is 25.7 Å². The zero-order chi connectivity index (χ0) is 33.9. The minimum atomic E-state index is -0.896. The van der Waals surface area contributed by atoms with Gasteiger partial charge in [0.1, 0.15) is 24.8 Å². The van der Waals surface area contributed by atoms with Gasteiger partial charge in [-0.25, -0.2) is 14.4 Å². The summed E-state index contributed by atoms with van der Waals surface area (Å²) in [4.78, 5) is 62.3. The van der Waals surface area contributed by atoms with Crippen LogP contribution < -0.4 is 26.9 Å². The van der Waals surface area contributed by atoms with Crippen LogP contribution in [0.2, 0.25) is 0 Å². The molecule has 0 saturated carbocycles. The predicted octanol–water partition coefficient (Wildman–Crippen LogP) is 4.63. The van der Waals surface area contributed by atoms with Gasteiger partial charge in [-0.2, -0.15) is 0 Å². The molecule has 2 heterocycles. The van der Waals surface area contributed by atoms with Crippen LogP contribution in [0.25, 0.3) is 11.0 Å². The highest BCUT2D eigenvalue weighted by atomic mass is 16.6. The van der Waals surface area contributed by atoms with Crippen LogP contribution in [0.4, 0.5) is 21.0 Å². The van der Waals surface area contributed by atoms with Crippen LogP contribution in [0.1, 0.15) is 29.5 Å². The van der Waals surface area contributed by atoms with Gasteiger partial charge in [-0.1, -0.05) is 42.5 Å². The third-order valence-corrected chi connectivity index (χ3v) is 7.73. The van der Waals surface area contributed by atoms with E-state index < -0.39 is 35.7 Å². The lowest BCUT2D eigenvalue weighted by Gasteiger charge is -2.29. The van der Waals surface area contributed by atoms with Crippen molar-refractivity contribution >= 4 is 46.3 Å². The van der Waals surface area contributed by atoms with E-state index in [9.17, 15) is 24.0 Å². The van der Waals surface area contributed by atoms with E-state index in [2.05, 4.69) is 21.3 Å². The smallest absolute Gasteiger partial charge is 0.411 e. The van der Waals surface area contributed by atoms with Gasteiger partial charge in [-0.15, -0.1) is 0 Å². The number of anilines is 2. The van der Waals surface area contributed by atoms with Crippen LogP contribution in [0.5, 0.6) is 0 Å². The summed E-state index contributed by atoms with van der Waals surface area (Å²) in [6, 6.07) is 21.3. The SMILES string of the molecule is Cc1cc(=O)oc2cc(NC(=O)OCc3ccc(NC(=O)CNC(=O)C(NC(=O)OCc4ccccc4)C4CCOCC4)cc3)ccc12. The molecule has 1 aromatic heterocycles. The van der Waals surface area contributed by atoms with Crippen molar-refractivity contribution in [1.82, 2.24) is 10.6 Å². The van der Waals surface area contributed by atoms with Crippen LogP contribution in [-0.2, 0) is 37.0 Å². The number of fused-ring (bicyclic) bond motifs is 1. The van der Waals surface area contributed by atoms with E-state index in [0.29, 0.717) is 48.6 Å². The Kier molecular flexibility index (Phi) is 11.4. The van der Waals surface area contributed by atoms with Crippen LogP contribution in [0.15, 0.2) is 88.1 Å². The van der Waals surface area contributed by atoms with Crippen molar-refractivity contribution in [1.29, 1.82) is 0 Å². The van der Waals surface area contributed by atoms with Gasteiger partial charge in [0.05, 0.1) is 6.54 Å². The van der Waals surface area contributed by atoms with Crippen LogP contribution in [0.3, 0.4) is 0 Å². The molecule has 4 amide bonds. The van der Waals surface area contributed by atoms with Crippen LogP contribution in [-0.4, -0.2) is 49.8 Å². The fourth-order valence-corrected chi connectivity index (χ4v) is 5.21. The number of aryl methyl sites for hydroxylation is 1. The lowest BCUT2D eigenvalue weighted by Crippen LogP contribution is -2.53. The summed E-state index contributed by atoms with van der Waals surface area (Å²) < 4.78 is 21.2. The van der Waals surface area contributed by atoms with E-state index in [1.54, 1.807) is 49.4 Å². The number of hydrogen-bond acceptors (Lipinski definition) is 9. The molecule has 1 aliphatic heterocycles. The molecule has 250 valence electrons. The molecule has 3 aromatic carbocycles. The Balaban J connectivity index is 1.07. The highest BCUT2D eigenvalue weighted by Gasteiger charge is 2.32. The van der Waals surface area contributed by atoms with Gasteiger partial charge < -0.3 is 34.6 Å². The molecule has 0 aliphatic carbocycles. The maximum Gasteiger partial charge on any atom is 0.411 e. The number of ether oxygens (including phenoxy) is 3. The average molecular weight is 657 g/mol. The summed E-state index contributed by atoms with van der Waals surface area (Å²) in [6.07, 6.45) is -0.279. The molecule has 0 bridgehead atoms. The van der Waals surface area contributed by atoms with E-state index >= 15 is 0 Å². The Morgan fingerprint density at radius 1 is 0.812 bits per heavy atom. The van der Waals surface area contributed by atoms with Crippen molar-refractivity contribution in [3.63, 3.8) is 0 Å². The van der Waals surface area contributed by atoms with E-state index in [1.807, 2.05) is 30.3 Å². The van der Waals surface area contributed by atoms with Gasteiger partial charge in [0, 0.05) is 42.1 Å². The highest BCUT2D eigenvalue weighted by Crippen LogP contribution is 2.22. The molecule has 5 rings (SSSR count). The Bertz CT molecular complexity index is 1800. The van der Waals surface area contributed by atoms with Crippen molar-refractivity contribution in [3.8, 4) is 0 Å². The molecule has 1 saturated heterocycles. The molecular weight excluding hydrogens is 620 g/mol. The molecule has 48 heavy (non-hydrogen) atoms. The third kappa shape index (κ3) is 9.66. The van der Waals surface area contributed by atoms with Gasteiger partial charge in [-0.05, 0) is 66.6 Å². The van der Waals surface area contributed by atoms with Gasteiger partial charge in [-0.3, -0.25) is 14.9 Å². The standard InChI is InChI=1S/C35H36N4O9/c1-22-17-31(41)48-29-18-27(11-12-28(22)29)38-34(43)46-21-24-7-9-26(10-8-24)37-30(40)19-36-33(42)32(25-13-15-45-16-14-25)39-35(44)47-20-23-5-3-2-4-6-23/h2-12,17-18,25,32H,13-16,19-21H2,1H3,(H,36,42)(H,37,40)(H,38,43)(H,39,44). The number of rotatable bonds is 11. The predicted molar refractivity (Wildman–Crippen MR) is 176 cm³/mol. The number of benzene rings is 3. The monoisotopic (exact) mass is 656 g/mol. The van der Waals surface area contributed by atoms with E-state index in [4.69, 9.17) is 18.6 Å². The second kappa shape index (κ2) is 16.2. The van der Waals surface area contributed by atoms with Crippen LogP contribution >= 0.6 is 0 Å². The Morgan fingerprint density at radius 2 is 1.48 bits per heavy atom. The zero-order valence-electron chi connectivity index (χ0n) is 26.3. The largest absolute Gasteiger partial charge is 0.445 e. The fourth-order valence-electron chi connectivity index (χ4n) is 5.21. The second-order valence-electron chi connectivity index (χ2n) is 11.3. The third-order valence-electron chi connectivity index (χ3n) is 7.73. The fraction of sp³-hybridized carbons (Fsp3) is 0.286. The topological polar surface area (TPSA) is 174 Å². The van der Waals surface area contributed by atoms with Crippen molar-refractivity contribution < 1.29 is 37.8 Å². The van der Waals surface area contributed by atoms with Crippen molar-refractivity contribution in [2.75, 3.05) is 30.4 Å². The van der Waals surface area contributed by atoms with Crippen LogP contribution in [0, 0.1) is 12.8 Å². The average Bonchev–Trinajstić information content (AvgIpc) is 3.09. The summed E-state index contributed by atoms with van der Waals surface area (Å²) in [7, 11) is 0. The number of nitrogens with one attached hydrogen (secondary N) is 4. The summed E-state index contributed by atoms with van der Waals surface area (Å²) in [6.45, 7) is 2.43. The first kappa shape index (κ1) is 33.7. The van der Waals surface area contributed by atoms with Gasteiger partial charge in [0.15, 0.2) is 0 Å². The van der Waals surface area contributed by atoms with E-state index in [1.165, 1.54) is 6.07 Å². The molecule has 4 N–H and O–H groups in total. The normalized spacial score (nSPS) is 13.6. The lowest BCUT2D eigenvalue weighted by molar-refractivity contribution is -0.127. The first-order valence-electron chi connectivity index (χ1n) is 15.4. The molecule has 1 atom stereocenters. The van der Waals surface area contributed by atoms with Gasteiger partial charge in [0.25, 0.3) is 0 Å². The second-order valence-corrected chi connectivity index (χ2v) is 11.3. The number of alkyl carbamates (subject to hydrolysis) is 1. The number of carbonyl (C=O) groups is 4. The quantitative estimate of drug-likeness (QED) is 0.168. The zero-order valence-corrected chi connectivity index (χ0v) is 26.3. The first-order chi connectivity index (χ1) is 23.2. The molecule has 0 radical (unpaired) electrons. The van der Waals surface area contributed by atoms with Crippen molar-refractivity contribution in [2.45, 2.75) is 39.0 Å². The number of hydrogen-bond donors (Lipinski definition) is 4. The summed E-state index contributed by atoms with van der Waals surface area (Å²) >= 11 is 0. The Hall–Kier alpha value is -5.69. The minimum Gasteiger partial charge on any atom is -0.445 e. The van der Waals surface area contributed by atoms with Gasteiger partial charge >= 0.3 is 17.8 Å². The lowest BCUT2D eigenvalue weighted by atomic mass is 9.91. The number of amides is 4. The Labute approximate surface area is 275 Å². The molecule has 0 spiro atoms. The molecule has 13 nitrogen and oxygen atoms in total. The molecule has 1 fully saturated rings. The molecule has 4 aromatic rings. The molecular formula is C35H36N4O9. The summed E-state index contributed by atoms with van der Waals surface area (Å²) in [5, 5.41) is 11.3. The van der Waals surface area contributed by atoms with Gasteiger partial charge in [0.2, 0.25) is 11.8 Å². The maximum absolute atomic E-state index is 13.1. The van der Waals surface area contributed by atoms with Crippen molar-refractivity contribution in [2.24, 2.45) is 5.92 Å². The van der Waals surface area contributed by atoms with E-state index in [0.717, 1.165) is 16.5 Å².